The first-order valence-electron chi connectivity index (χ1n) is 10.2. The molecule has 0 aliphatic rings. The Morgan fingerprint density at radius 1 is 0.871 bits per heavy atom. The second-order valence-corrected chi connectivity index (χ2v) is 8.98. The molecule has 4 heteroatoms. The van der Waals surface area contributed by atoms with E-state index in [1.54, 1.807) is 6.26 Å². The second kappa shape index (κ2) is 9.71. The molecule has 156 valence electrons. The first kappa shape index (κ1) is 21.0. The number of benzene rings is 4. The highest BCUT2D eigenvalue weighted by Gasteiger charge is 2.10. The van der Waals surface area contributed by atoms with Crippen molar-refractivity contribution < 1.29 is 9.05 Å². The molecule has 4 rings (SSSR count). The van der Waals surface area contributed by atoms with Crippen molar-refractivity contribution in [3.05, 3.63) is 108 Å². The molecule has 1 unspecified atom stereocenters. The summed E-state index contributed by atoms with van der Waals surface area (Å²) < 4.78 is 12.0. The van der Waals surface area contributed by atoms with Crippen LogP contribution in [0.2, 0.25) is 0 Å². The minimum atomic E-state index is -1.02. The third-order valence-electron chi connectivity index (χ3n) is 5.35. The minimum Gasteiger partial charge on any atom is -0.391 e. The summed E-state index contributed by atoms with van der Waals surface area (Å²) in [7, 11) is -1.02. The van der Waals surface area contributed by atoms with Crippen LogP contribution in [0.25, 0.3) is 21.9 Å². The van der Waals surface area contributed by atoms with Gasteiger partial charge in [0.1, 0.15) is 6.61 Å². The molecule has 0 aliphatic heterocycles. The summed E-state index contributed by atoms with van der Waals surface area (Å²) in [4.78, 5) is 5.77. The van der Waals surface area contributed by atoms with Gasteiger partial charge in [0.2, 0.25) is 0 Å². The molecule has 0 aromatic heterocycles. The van der Waals surface area contributed by atoms with E-state index in [0.29, 0.717) is 18.1 Å². The van der Waals surface area contributed by atoms with Crippen LogP contribution >= 0.6 is 0 Å². The van der Waals surface area contributed by atoms with Crippen molar-refractivity contribution in [1.82, 2.24) is 0 Å². The van der Waals surface area contributed by atoms with Crippen molar-refractivity contribution in [2.75, 3.05) is 12.0 Å². The van der Waals surface area contributed by atoms with Crippen molar-refractivity contribution in [3.63, 3.8) is 0 Å². The van der Waals surface area contributed by atoms with E-state index in [4.69, 9.17) is 4.84 Å². The van der Waals surface area contributed by atoms with Crippen molar-refractivity contribution in [2.24, 2.45) is 5.16 Å². The van der Waals surface area contributed by atoms with Gasteiger partial charge in [0.15, 0.2) is 0 Å². The maximum atomic E-state index is 12.0. The van der Waals surface area contributed by atoms with Gasteiger partial charge in [-0.1, -0.05) is 90.1 Å². The molecule has 0 saturated carbocycles. The smallest absolute Gasteiger partial charge is 0.142 e. The molecule has 31 heavy (non-hydrogen) atoms. The first-order chi connectivity index (χ1) is 15.1. The summed E-state index contributed by atoms with van der Waals surface area (Å²) in [5, 5.41) is 6.69. The van der Waals surface area contributed by atoms with Gasteiger partial charge in [0.25, 0.3) is 0 Å². The van der Waals surface area contributed by atoms with Gasteiger partial charge in [-0.15, -0.1) is 0 Å². The van der Waals surface area contributed by atoms with Crippen molar-refractivity contribution in [1.29, 1.82) is 0 Å². The van der Waals surface area contributed by atoms with Gasteiger partial charge < -0.3 is 4.84 Å². The topological polar surface area (TPSA) is 38.7 Å². The Labute approximate surface area is 185 Å². The molecule has 4 aromatic rings. The third kappa shape index (κ3) is 5.09. The molecule has 0 fully saturated rings. The molecule has 0 bridgehead atoms. The molecular weight excluding hydrogens is 402 g/mol. The Morgan fingerprint density at radius 2 is 1.61 bits per heavy atom. The van der Waals surface area contributed by atoms with Crippen LogP contribution in [0.3, 0.4) is 0 Å². The number of rotatable bonds is 7. The summed E-state index contributed by atoms with van der Waals surface area (Å²) in [6.07, 6.45) is 1.68. The lowest BCUT2D eigenvalue weighted by Gasteiger charge is -2.12. The van der Waals surface area contributed by atoms with E-state index in [0.717, 1.165) is 21.9 Å². The molecule has 3 nitrogen and oxygen atoms in total. The average Bonchev–Trinajstić information content (AvgIpc) is 2.79. The van der Waals surface area contributed by atoms with Crippen molar-refractivity contribution in [2.45, 2.75) is 13.5 Å². The normalized spacial score (nSPS) is 12.6. The summed E-state index contributed by atoms with van der Waals surface area (Å²) in [5.74, 6) is 0.349. The van der Waals surface area contributed by atoms with Crippen LogP contribution in [0, 0.1) is 6.92 Å². The summed E-state index contributed by atoms with van der Waals surface area (Å²) >= 11 is 0. The zero-order chi connectivity index (χ0) is 21.6. The van der Waals surface area contributed by atoms with Gasteiger partial charge in [-0.25, -0.2) is 0 Å². The fraction of sp³-hybridized carbons (Fsp3) is 0.148. The van der Waals surface area contributed by atoms with Gasteiger partial charge >= 0.3 is 0 Å². The van der Waals surface area contributed by atoms with E-state index in [-0.39, 0.29) is 0 Å². The maximum Gasteiger partial charge on any atom is 0.142 e. The highest BCUT2D eigenvalue weighted by molar-refractivity contribution is 7.85. The van der Waals surface area contributed by atoms with Crippen LogP contribution in [-0.2, 0) is 22.2 Å². The predicted molar refractivity (Wildman–Crippen MR) is 131 cm³/mol. The Balaban J connectivity index is 1.58. The van der Waals surface area contributed by atoms with Crippen LogP contribution < -0.4 is 0 Å². The maximum absolute atomic E-state index is 12.0. The Hall–Kier alpha value is -3.24. The highest BCUT2D eigenvalue weighted by atomic mass is 32.2. The fourth-order valence-corrected chi connectivity index (χ4v) is 4.28. The first-order valence-corrected chi connectivity index (χ1v) is 12.0. The lowest BCUT2D eigenvalue weighted by atomic mass is 9.97. The number of fused-ring (bicyclic) bond motifs is 1. The molecular formula is C27H25NO2S. The summed E-state index contributed by atoms with van der Waals surface area (Å²) in [5.41, 5.74) is 6.27. The number of nitrogens with zero attached hydrogens (tertiary/aromatic N) is 1. The largest absolute Gasteiger partial charge is 0.391 e. The van der Waals surface area contributed by atoms with Crippen LogP contribution in [0.5, 0.6) is 0 Å². The van der Waals surface area contributed by atoms with E-state index >= 15 is 0 Å². The number of oxime groups is 1. The Morgan fingerprint density at radius 3 is 2.39 bits per heavy atom. The van der Waals surface area contributed by atoms with Crippen LogP contribution in [0.15, 0.2) is 96.2 Å². The van der Waals surface area contributed by atoms with Gasteiger partial charge in [0.05, 0.1) is 11.5 Å². The molecule has 0 radical (unpaired) electrons. The van der Waals surface area contributed by atoms with Gasteiger partial charge in [-0.2, -0.15) is 0 Å². The molecule has 1 atom stereocenters. The van der Waals surface area contributed by atoms with E-state index in [2.05, 4.69) is 60.6 Å². The number of hydrogen-bond acceptors (Lipinski definition) is 3. The zero-order valence-electron chi connectivity index (χ0n) is 17.7. The Bertz CT molecular complexity index is 1250. The zero-order valence-corrected chi connectivity index (χ0v) is 18.6. The van der Waals surface area contributed by atoms with Gasteiger partial charge in [-0.05, 0) is 46.0 Å². The number of hydrogen-bond donors (Lipinski definition) is 0. The SMILES string of the molecule is Cc1c(CO/N=C(\CS(C)=O)c2ccc3ccccc3c2)cccc1-c1ccccc1. The van der Waals surface area contributed by atoms with Crippen molar-refractivity contribution >= 4 is 27.3 Å². The molecule has 4 aromatic carbocycles. The Kier molecular flexibility index (Phi) is 6.58. The monoisotopic (exact) mass is 427 g/mol. The van der Waals surface area contributed by atoms with Gasteiger partial charge in [-0.3, -0.25) is 4.21 Å². The van der Waals surface area contributed by atoms with E-state index in [9.17, 15) is 4.21 Å². The van der Waals surface area contributed by atoms with E-state index in [1.807, 2.05) is 42.5 Å². The van der Waals surface area contributed by atoms with Gasteiger partial charge in [0, 0.05) is 22.6 Å². The third-order valence-corrected chi connectivity index (χ3v) is 6.03. The average molecular weight is 428 g/mol. The molecule has 0 N–H and O–H groups in total. The van der Waals surface area contributed by atoms with E-state index < -0.39 is 10.8 Å². The molecule has 0 spiro atoms. The lowest BCUT2D eigenvalue weighted by molar-refractivity contribution is 0.130. The molecule has 0 heterocycles. The fourth-order valence-electron chi connectivity index (χ4n) is 3.67. The minimum absolute atomic E-state index is 0.349. The molecule has 0 aliphatic carbocycles. The predicted octanol–water partition coefficient (Wildman–Crippen LogP) is 6.11. The quantitative estimate of drug-likeness (QED) is 0.263. The van der Waals surface area contributed by atoms with Crippen molar-refractivity contribution in [3.8, 4) is 11.1 Å². The van der Waals surface area contributed by atoms with Crippen LogP contribution in [0.1, 0.15) is 16.7 Å². The lowest BCUT2D eigenvalue weighted by Crippen LogP contribution is -2.12. The second-order valence-electron chi connectivity index (χ2n) is 7.55. The standard InChI is InChI=1S/C27H25NO2S/c1-20-25(13-8-14-26(20)22-10-4-3-5-11-22)18-30-28-27(19-31(2)29)24-16-15-21-9-6-7-12-23(21)17-24/h3-17H,18-19H2,1-2H3/b28-27+. The summed E-state index contributed by atoms with van der Waals surface area (Å²) in [6, 6.07) is 30.9. The highest BCUT2D eigenvalue weighted by Crippen LogP contribution is 2.26. The molecule has 0 saturated heterocycles. The summed E-state index contributed by atoms with van der Waals surface area (Å²) in [6.45, 7) is 2.47. The van der Waals surface area contributed by atoms with Crippen LogP contribution in [0.4, 0.5) is 0 Å². The van der Waals surface area contributed by atoms with E-state index in [1.165, 1.54) is 16.7 Å². The molecule has 0 amide bonds. The van der Waals surface area contributed by atoms with Crippen LogP contribution in [-0.4, -0.2) is 21.9 Å².